The number of rotatable bonds is 2. The monoisotopic (exact) mass is 218 g/mol. The van der Waals surface area contributed by atoms with E-state index in [1.165, 1.54) is 0 Å². The number of anilines is 1. The highest BCUT2D eigenvalue weighted by molar-refractivity contribution is 5.91. The van der Waals surface area contributed by atoms with Crippen molar-refractivity contribution in [3.63, 3.8) is 0 Å². The molecular formula is C8H8F2N2O3. The summed E-state index contributed by atoms with van der Waals surface area (Å²) in [5.41, 5.74) is 3.40. The fraction of sp³-hybridized carbons (Fsp3) is 0.250. The molecule has 7 heteroatoms. The number of hydrogen-bond acceptors (Lipinski definition) is 5. The molecule has 0 aromatic carbocycles. The van der Waals surface area contributed by atoms with Crippen LogP contribution in [0.3, 0.4) is 0 Å². The normalized spacial score (nSPS) is 10.4. The highest BCUT2D eigenvalue weighted by atomic mass is 19.3. The summed E-state index contributed by atoms with van der Waals surface area (Å²) in [6, 6.07) is 0. The Morgan fingerprint density at radius 2 is 2.27 bits per heavy atom. The van der Waals surface area contributed by atoms with Crippen LogP contribution in [0.5, 0.6) is 5.75 Å². The Bertz CT molecular complexity index is 396. The van der Waals surface area contributed by atoms with Gasteiger partial charge in [-0.15, -0.1) is 0 Å². The van der Waals surface area contributed by atoms with E-state index in [2.05, 4.69) is 9.72 Å². The van der Waals surface area contributed by atoms with Crippen LogP contribution in [-0.4, -0.2) is 23.2 Å². The van der Waals surface area contributed by atoms with Gasteiger partial charge in [0, 0.05) is 0 Å². The number of methoxy groups -OCH3 is 1. The van der Waals surface area contributed by atoms with E-state index >= 15 is 0 Å². The molecule has 0 saturated carbocycles. The van der Waals surface area contributed by atoms with Gasteiger partial charge in [0.05, 0.1) is 24.6 Å². The first-order valence-electron chi connectivity index (χ1n) is 3.82. The van der Waals surface area contributed by atoms with Crippen molar-refractivity contribution in [1.82, 2.24) is 4.98 Å². The summed E-state index contributed by atoms with van der Waals surface area (Å²) in [5.74, 6) is -1.95. The average molecular weight is 218 g/mol. The van der Waals surface area contributed by atoms with Crippen molar-refractivity contribution in [3.8, 4) is 5.75 Å². The van der Waals surface area contributed by atoms with Gasteiger partial charge < -0.3 is 15.6 Å². The second-order valence-corrected chi connectivity index (χ2v) is 2.62. The molecule has 1 aromatic rings. The number of carbonyl (C=O) groups excluding carboxylic acids is 1. The number of hydrogen-bond donors (Lipinski definition) is 2. The largest absolute Gasteiger partial charge is 0.505 e. The van der Waals surface area contributed by atoms with Gasteiger partial charge >= 0.3 is 5.97 Å². The maximum atomic E-state index is 12.4. The van der Waals surface area contributed by atoms with Crippen LogP contribution in [0.1, 0.15) is 22.5 Å². The summed E-state index contributed by atoms with van der Waals surface area (Å²) in [6.45, 7) is 0. The Kier molecular flexibility index (Phi) is 3.03. The molecule has 0 radical (unpaired) electrons. The van der Waals surface area contributed by atoms with E-state index in [0.29, 0.717) is 0 Å². The Labute approximate surface area is 83.5 Å². The van der Waals surface area contributed by atoms with Crippen LogP contribution in [0.2, 0.25) is 0 Å². The molecule has 0 aliphatic rings. The minimum atomic E-state index is -2.99. The molecule has 0 fully saturated rings. The minimum Gasteiger partial charge on any atom is -0.505 e. The predicted octanol–water partition coefficient (Wildman–Crippen LogP) is 1.09. The zero-order valence-corrected chi connectivity index (χ0v) is 7.70. The SMILES string of the molecule is COC(=O)c1ncc(N)c(C(F)F)c1O. The van der Waals surface area contributed by atoms with Crippen LogP contribution >= 0.6 is 0 Å². The number of alkyl halides is 2. The topological polar surface area (TPSA) is 85.4 Å². The minimum absolute atomic E-state index is 0.379. The van der Waals surface area contributed by atoms with Gasteiger partial charge in [-0.1, -0.05) is 0 Å². The van der Waals surface area contributed by atoms with Gasteiger partial charge in [-0.2, -0.15) is 0 Å². The number of carbonyl (C=O) groups is 1. The van der Waals surface area contributed by atoms with Gasteiger partial charge in [0.2, 0.25) is 0 Å². The number of ether oxygens (including phenoxy) is 1. The molecule has 1 heterocycles. The summed E-state index contributed by atoms with van der Waals surface area (Å²) in [7, 11) is 1.04. The molecule has 0 bridgehead atoms. The average Bonchev–Trinajstić information content (AvgIpc) is 2.16. The van der Waals surface area contributed by atoms with E-state index in [1.807, 2.05) is 0 Å². The number of nitrogens with two attached hydrogens (primary N) is 1. The van der Waals surface area contributed by atoms with E-state index in [4.69, 9.17) is 5.73 Å². The molecule has 82 valence electrons. The molecule has 0 amide bonds. The number of halogens is 2. The van der Waals surface area contributed by atoms with Gasteiger partial charge in [-0.25, -0.2) is 18.6 Å². The molecule has 0 aliphatic heterocycles. The fourth-order valence-corrected chi connectivity index (χ4v) is 1.00. The summed E-state index contributed by atoms with van der Waals surface area (Å²) < 4.78 is 29.1. The van der Waals surface area contributed by atoms with E-state index in [0.717, 1.165) is 13.3 Å². The summed E-state index contributed by atoms with van der Waals surface area (Å²) in [4.78, 5) is 14.4. The Hall–Kier alpha value is -1.92. The number of aromatic nitrogens is 1. The van der Waals surface area contributed by atoms with Crippen molar-refractivity contribution < 1.29 is 23.4 Å². The first-order valence-corrected chi connectivity index (χ1v) is 3.82. The molecule has 0 spiro atoms. The Morgan fingerprint density at radius 1 is 1.67 bits per heavy atom. The number of aromatic hydroxyl groups is 1. The van der Waals surface area contributed by atoms with Crippen molar-refractivity contribution in [2.24, 2.45) is 0 Å². The number of nitrogens with zero attached hydrogens (tertiary/aromatic N) is 1. The molecule has 3 N–H and O–H groups in total. The summed E-state index contributed by atoms with van der Waals surface area (Å²) >= 11 is 0. The molecule has 0 aliphatic carbocycles. The zero-order chi connectivity index (χ0) is 11.6. The van der Waals surface area contributed by atoms with Gasteiger partial charge in [0.1, 0.15) is 0 Å². The van der Waals surface area contributed by atoms with Gasteiger partial charge in [0.15, 0.2) is 11.4 Å². The van der Waals surface area contributed by atoms with Crippen molar-refractivity contribution in [3.05, 3.63) is 17.5 Å². The van der Waals surface area contributed by atoms with Crippen molar-refractivity contribution in [2.75, 3.05) is 12.8 Å². The van der Waals surface area contributed by atoms with Crippen LogP contribution in [0, 0.1) is 0 Å². The summed E-state index contributed by atoms with van der Waals surface area (Å²) in [6.07, 6.45) is -2.12. The highest BCUT2D eigenvalue weighted by Crippen LogP contribution is 2.34. The number of esters is 1. The molecule has 0 atom stereocenters. The molecule has 0 unspecified atom stereocenters. The Morgan fingerprint density at radius 3 is 2.73 bits per heavy atom. The van der Waals surface area contributed by atoms with Crippen LogP contribution in [0.15, 0.2) is 6.20 Å². The zero-order valence-electron chi connectivity index (χ0n) is 7.70. The van der Waals surface area contributed by atoms with Crippen LogP contribution < -0.4 is 5.73 Å². The predicted molar refractivity (Wildman–Crippen MR) is 46.6 cm³/mol. The lowest BCUT2D eigenvalue weighted by atomic mass is 10.1. The van der Waals surface area contributed by atoms with E-state index in [-0.39, 0.29) is 5.69 Å². The first kappa shape index (κ1) is 11.2. The molecule has 0 saturated heterocycles. The third-order valence-electron chi connectivity index (χ3n) is 1.72. The van der Waals surface area contributed by atoms with Crippen molar-refractivity contribution >= 4 is 11.7 Å². The van der Waals surface area contributed by atoms with E-state index in [9.17, 15) is 18.7 Å². The lowest BCUT2D eigenvalue weighted by Gasteiger charge is -2.09. The van der Waals surface area contributed by atoms with Crippen LogP contribution in [-0.2, 0) is 4.74 Å². The van der Waals surface area contributed by atoms with Crippen molar-refractivity contribution in [1.29, 1.82) is 0 Å². The standard InChI is InChI=1S/C8H8F2N2O3/c1-15-8(14)5-6(13)4(7(9)10)3(11)2-12-5/h2,7,13H,11H2,1H3. The fourth-order valence-electron chi connectivity index (χ4n) is 1.00. The molecular weight excluding hydrogens is 210 g/mol. The van der Waals surface area contributed by atoms with Crippen LogP contribution in [0.4, 0.5) is 14.5 Å². The first-order chi connectivity index (χ1) is 6.99. The second-order valence-electron chi connectivity index (χ2n) is 2.62. The highest BCUT2D eigenvalue weighted by Gasteiger charge is 2.24. The Balaban J connectivity index is 3.35. The molecule has 15 heavy (non-hydrogen) atoms. The van der Waals surface area contributed by atoms with Crippen molar-refractivity contribution in [2.45, 2.75) is 6.43 Å². The van der Waals surface area contributed by atoms with Gasteiger partial charge in [-0.05, 0) is 0 Å². The molecule has 1 rings (SSSR count). The quantitative estimate of drug-likeness (QED) is 0.726. The smallest absolute Gasteiger partial charge is 0.360 e. The maximum Gasteiger partial charge on any atom is 0.360 e. The maximum absolute atomic E-state index is 12.4. The van der Waals surface area contributed by atoms with E-state index < -0.39 is 29.4 Å². The molecule has 1 aromatic heterocycles. The lowest BCUT2D eigenvalue weighted by molar-refractivity contribution is 0.0589. The van der Waals surface area contributed by atoms with Gasteiger partial charge in [-0.3, -0.25) is 0 Å². The van der Waals surface area contributed by atoms with E-state index in [1.54, 1.807) is 0 Å². The molecule has 5 nitrogen and oxygen atoms in total. The summed E-state index contributed by atoms with van der Waals surface area (Å²) in [5, 5.41) is 9.32. The lowest BCUT2D eigenvalue weighted by Crippen LogP contribution is -2.08. The van der Waals surface area contributed by atoms with Gasteiger partial charge in [0.25, 0.3) is 6.43 Å². The number of pyridine rings is 1. The third-order valence-corrected chi connectivity index (χ3v) is 1.72. The third kappa shape index (κ3) is 1.95. The number of nitrogen functional groups attached to an aromatic ring is 1. The second kappa shape index (κ2) is 4.07. The van der Waals surface area contributed by atoms with Crippen LogP contribution in [0.25, 0.3) is 0 Å².